The summed E-state index contributed by atoms with van der Waals surface area (Å²) >= 11 is 6.49. The fourth-order valence-electron chi connectivity index (χ4n) is 5.81. The summed E-state index contributed by atoms with van der Waals surface area (Å²) in [5.41, 5.74) is 6.80. The van der Waals surface area contributed by atoms with E-state index >= 15 is 0 Å². The number of carbonyl (C=O) groups is 2. The van der Waals surface area contributed by atoms with Crippen molar-refractivity contribution in [2.75, 3.05) is 38.2 Å². The summed E-state index contributed by atoms with van der Waals surface area (Å²) in [6.07, 6.45) is 6.08. The maximum Gasteiger partial charge on any atom is 0.254 e. The molecule has 9 heteroatoms. The molecule has 3 aliphatic heterocycles. The number of amides is 2. The predicted molar refractivity (Wildman–Crippen MR) is 154 cm³/mol. The summed E-state index contributed by atoms with van der Waals surface area (Å²) in [5.74, 6) is 0.366. The average molecular weight is 560 g/mol. The Morgan fingerprint density at radius 2 is 1.85 bits per heavy atom. The van der Waals surface area contributed by atoms with Gasteiger partial charge in [0.2, 0.25) is 11.9 Å². The number of nitrogens with one attached hydrogen (secondary N) is 1. The number of hydrogen-bond donors (Lipinski definition) is 1. The van der Waals surface area contributed by atoms with Crippen LogP contribution in [0.5, 0.6) is 0 Å². The molecule has 0 unspecified atom stereocenters. The van der Waals surface area contributed by atoms with E-state index in [1.807, 2.05) is 23.1 Å². The van der Waals surface area contributed by atoms with Crippen LogP contribution in [-0.2, 0) is 35.3 Å². The number of hydrogen-bond acceptors (Lipinski definition) is 6. The van der Waals surface area contributed by atoms with Gasteiger partial charge in [0.15, 0.2) is 0 Å². The van der Waals surface area contributed by atoms with Gasteiger partial charge in [-0.15, -0.1) is 0 Å². The van der Waals surface area contributed by atoms with Crippen LogP contribution in [0.4, 0.5) is 5.95 Å². The molecule has 0 radical (unpaired) electrons. The molecule has 3 aliphatic rings. The van der Waals surface area contributed by atoms with Crippen molar-refractivity contribution in [3.8, 4) is 11.3 Å². The minimum Gasteiger partial charge on any atom is -0.381 e. The summed E-state index contributed by atoms with van der Waals surface area (Å²) in [4.78, 5) is 39.3. The molecule has 4 heterocycles. The van der Waals surface area contributed by atoms with Gasteiger partial charge in [-0.2, -0.15) is 0 Å². The molecule has 0 atom stereocenters. The van der Waals surface area contributed by atoms with Gasteiger partial charge in [-0.25, -0.2) is 9.97 Å². The lowest BCUT2D eigenvalue weighted by atomic mass is 9.99. The first-order valence-corrected chi connectivity index (χ1v) is 14.5. The standard InChI is InChI=1S/C31H34ClN5O3/c1-2-20-3-4-21-7-11-36(12-8-22(21)15-20)28(38)19-37-18-24-6-5-23(16-26(24)30(37)39)29-27(32)17-33-31(35-29)34-25-9-13-40-14-10-25/h3-6,15-17,25H,2,7-14,18-19H2,1H3,(H,33,34,35). The molecule has 0 saturated carbocycles. The molecule has 1 saturated heterocycles. The summed E-state index contributed by atoms with van der Waals surface area (Å²) < 4.78 is 5.43. The SMILES string of the molecule is CCc1ccc2c(c1)CCN(C(=O)CN1Cc3ccc(-c4nc(NC5CCOCC5)ncc4Cl)cc3C1=O)CC2. The molecule has 0 spiro atoms. The highest BCUT2D eigenvalue weighted by molar-refractivity contribution is 6.33. The number of benzene rings is 2. The third kappa shape index (κ3) is 5.56. The van der Waals surface area contributed by atoms with E-state index in [9.17, 15) is 9.59 Å². The Labute approximate surface area is 239 Å². The van der Waals surface area contributed by atoms with Crippen LogP contribution >= 0.6 is 11.6 Å². The van der Waals surface area contributed by atoms with E-state index in [1.165, 1.54) is 16.7 Å². The Morgan fingerprint density at radius 1 is 1.07 bits per heavy atom. The van der Waals surface area contributed by atoms with Crippen LogP contribution in [0.25, 0.3) is 11.3 Å². The highest BCUT2D eigenvalue weighted by Gasteiger charge is 2.31. The van der Waals surface area contributed by atoms with Crippen molar-refractivity contribution in [1.82, 2.24) is 19.8 Å². The Bertz CT molecular complexity index is 1440. The van der Waals surface area contributed by atoms with Crippen LogP contribution in [0.2, 0.25) is 5.02 Å². The molecule has 1 N–H and O–H groups in total. The van der Waals surface area contributed by atoms with Crippen LogP contribution in [0.3, 0.4) is 0 Å². The number of fused-ring (bicyclic) bond motifs is 2. The fourth-order valence-corrected chi connectivity index (χ4v) is 6.01. The van der Waals surface area contributed by atoms with E-state index in [0.717, 1.165) is 56.4 Å². The van der Waals surface area contributed by atoms with Crippen LogP contribution in [0.1, 0.15) is 52.4 Å². The number of anilines is 1. The number of halogens is 1. The lowest BCUT2D eigenvalue weighted by molar-refractivity contribution is -0.131. The van der Waals surface area contributed by atoms with Gasteiger partial charge in [0, 0.05) is 50.0 Å². The molecule has 2 amide bonds. The van der Waals surface area contributed by atoms with Crippen LogP contribution in [0, 0.1) is 0 Å². The van der Waals surface area contributed by atoms with Crippen molar-refractivity contribution in [3.05, 3.63) is 75.4 Å². The molecule has 40 heavy (non-hydrogen) atoms. The van der Waals surface area contributed by atoms with Gasteiger partial charge in [0.05, 0.1) is 16.9 Å². The summed E-state index contributed by atoms with van der Waals surface area (Å²) in [6.45, 7) is 5.44. The third-order valence-corrected chi connectivity index (χ3v) is 8.50. The fraction of sp³-hybridized carbons (Fsp3) is 0.419. The third-order valence-electron chi connectivity index (χ3n) is 8.22. The van der Waals surface area contributed by atoms with Gasteiger partial charge in [-0.3, -0.25) is 9.59 Å². The zero-order valence-electron chi connectivity index (χ0n) is 22.8. The van der Waals surface area contributed by atoms with Gasteiger partial charge in [0.25, 0.3) is 5.91 Å². The number of nitrogens with zero attached hydrogens (tertiary/aromatic N) is 4. The van der Waals surface area contributed by atoms with E-state index in [1.54, 1.807) is 11.1 Å². The maximum absolute atomic E-state index is 13.4. The smallest absolute Gasteiger partial charge is 0.254 e. The lowest BCUT2D eigenvalue weighted by Crippen LogP contribution is -2.41. The number of ether oxygens (including phenoxy) is 1. The second-order valence-electron chi connectivity index (χ2n) is 10.8. The van der Waals surface area contributed by atoms with Gasteiger partial charge in [-0.05, 0) is 60.4 Å². The molecular weight excluding hydrogens is 526 g/mol. The molecule has 3 aromatic rings. The topological polar surface area (TPSA) is 87.7 Å². The molecule has 0 aliphatic carbocycles. The first-order valence-electron chi connectivity index (χ1n) is 14.2. The molecule has 8 nitrogen and oxygen atoms in total. The average Bonchev–Trinajstić information content (AvgIpc) is 3.14. The monoisotopic (exact) mass is 559 g/mol. The highest BCUT2D eigenvalue weighted by Crippen LogP contribution is 2.32. The van der Waals surface area contributed by atoms with Crippen molar-refractivity contribution < 1.29 is 14.3 Å². The summed E-state index contributed by atoms with van der Waals surface area (Å²) in [7, 11) is 0. The quantitative estimate of drug-likeness (QED) is 0.477. The van der Waals surface area contributed by atoms with E-state index in [4.69, 9.17) is 16.3 Å². The van der Waals surface area contributed by atoms with Crippen molar-refractivity contribution >= 4 is 29.4 Å². The molecule has 2 aromatic carbocycles. The Kier molecular flexibility index (Phi) is 7.71. The van der Waals surface area contributed by atoms with Gasteiger partial charge in [0.1, 0.15) is 6.54 Å². The normalized spacial score (nSPS) is 17.4. The van der Waals surface area contributed by atoms with E-state index in [2.05, 4.69) is 40.4 Å². The molecule has 1 fully saturated rings. The second-order valence-corrected chi connectivity index (χ2v) is 11.2. The second kappa shape index (κ2) is 11.6. The van der Waals surface area contributed by atoms with E-state index in [-0.39, 0.29) is 24.4 Å². The van der Waals surface area contributed by atoms with Crippen molar-refractivity contribution in [2.45, 2.75) is 51.6 Å². The van der Waals surface area contributed by atoms with Gasteiger partial charge < -0.3 is 19.9 Å². The number of aryl methyl sites for hydroxylation is 1. The van der Waals surface area contributed by atoms with Gasteiger partial charge in [-0.1, -0.05) is 48.9 Å². The van der Waals surface area contributed by atoms with E-state index in [0.29, 0.717) is 41.9 Å². The summed E-state index contributed by atoms with van der Waals surface area (Å²) in [5, 5.41) is 3.80. The first-order chi connectivity index (χ1) is 19.5. The zero-order valence-corrected chi connectivity index (χ0v) is 23.5. The lowest BCUT2D eigenvalue weighted by Gasteiger charge is -2.23. The zero-order chi connectivity index (χ0) is 27.6. The number of carbonyl (C=O) groups excluding carboxylic acids is 2. The minimum absolute atomic E-state index is 0.00688. The number of rotatable bonds is 6. The molecule has 6 rings (SSSR count). The minimum atomic E-state index is -0.137. The Balaban J connectivity index is 1.13. The van der Waals surface area contributed by atoms with Crippen LogP contribution < -0.4 is 5.32 Å². The first kappa shape index (κ1) is 26.7. The van der Waals surface area contributed by atoms with Crippen molar-refractivity contribution in [1.29, 1.82) is 0 Å². The van der Waals surface area contributed by atoms with Crippen molar-refractivity contribution in [3.63, 3.8) is 0 Å². The largest absolute Gasteiger partial charge is 0.381 e. The Hall–Kier alpha value is -3.49. The molecule has 208 valence electrons. The maximum atomic E-state index is 13.4. The number of aromatic nitrogens is 2. The van der Waals surface area contributed by atoms with Crippen LogP contribution in [-0.4, -0.2) is 70.5 Å². The Morgan fingerprint density at radius 3 is 2.65 bits per heavy atom. The molecule has 1 aromatic heterocycles. The predicted octanol–water partition coefficient (Wildman–Crippen LogP) is 4.53. The van der Waals surface area contributed by atoms with E-state index < -0.39 is 0 Å². The summed E-state index contributed by atoms with van der Waals surface area (Å²) in [6, 6.07) is 12.6. The highest BCUT2D eigenvalue weighted by atomic mass is 35.5. The van der Waals surface area contributed by atoms with Crippen LogP contribution in [0.15, 0.2) is 42.6 Å². The molecule has 0 bridgehead atoms. The van der Waals surface area contributed by atoms with Crippen molar-refractivity contribution in [2.24, 2.45) is 0 Å². The van der Waals surface area contributed by atoms with Gasteiger partial charge >= 0.3 is 0 Å². The molecular formula is C31H34ClN5O3.